The van der Waals surface area contributed by atoms with Crippen LogP contribution in [-0.2, 0) is 19.8 Å². The summed E-state index contributed by atoms with van der Waals surface area (Å²) < 4.78 is 51.0. The number of benzene rings is 1. The Kier molecular flexibility index (Phi) is 7.54. The summed E-state index contributed by atoms with van der Waals surface area (Å²) >= 11 is 0. The summed E-state index contributed by atoms with van der Waals surface area (Å²) in [5.74, 6) is 0.770. The van der Waals surface area contributed by atoms with Gasteiger partial charge in [0.1, 0.15) is 18.2 Å². The summed E-state index contributed by atoms with van der Waals surface area (Å²) in [7, 11) is 1.40. The standard InChI is InChI=1S/C30H29F3N8O4/c1-17-10-21(36-28(35-17)39-6-8-40(9-7-39)29(43)44)13-20-16-45-26-22(24-15-38(3)37-27(24)30(31,32)33)11-19(12-23(26)25(20)42)14-41-5-4-34-18(41)2/h4-5,10-13,15H,6-9,14,16H2,1-3H3,(H,43,44)/b20-13+. The molecule has 1 saturated heterocycles. The van der Waals surface area contributed by atoms with Gasteiger partial charge in [-0.2, -0.15) is 18.3 Å². The first kappa shape index (κ1) is 29.8. The molecule has 0 bridgehead atoms. The Balaban J connectivity index is 1.39. The first-order valence-corrected chi connectivity index (χ1v) is 14.1. The fourth-order valence-electron chi connectivity index (χ4n) is 5.53. The van der Waals surface area contributed by atoms with E-state index in [2.05, 4.69) is 20.1 Å². The Labute approximate surface area is 255 Å². The van der Waals surface area contributed by atoms with Crippen LogP contribution in [0.1, 0.15) is 38.8 Å². The van der Waals surface area contributed by atoms with Crippen LogP contribution in [0.4, 0.5) is 23.9 Å². The highest BCUT2D eigenvalue weighted by molar-refractivity contribution is 6.15. The van der Waals surface area contributed by atoms with E-state index < -0.39 is 23.7 Å². The number of nitrogens with zero attached hydrogens (tertiary/aromatic N) is 8. The molecular weight excluding hydrogens is 593 g/mol. The number of carbonyl (C=O) groups is 2. The van der Waals surface area contributed by atoms with Gasteiger partial charge in [0, 0.05) is 80.8 Å². The van der Waals surface area contributed by atoms with E-state index in [-0.39, 0.29) is 41.2 Å². The van der Waals surface area contributed by atoms with Crippen LogP contribution in [0.15, 0.2) is 42.4 Å². The van der Waals surface area contributed by atoms with E-state index >= 15 is 0 Å². The number of aryl methyl sites for hydroxylation is 3. The predicted octanol–water partition coefficient (Wildman–Crippen LogP) is 4.22. The molecule has 1 amide bonds. The molecule has 2 aliphatic rings. The highest BCUT2D eigenvalue weighted by Gasteiger charge is 2.39. The minimum Gasteiger partial charge on any atom is -0.487 e. The Hall–Kier alpha value is -5.21. The van der Waals surface area contributed by atoms with E-state index in [1.807, 2.05) is 9.47 Å². The summed E-state index contributed by atoms with van der Waals surface area (Å²) in [6.45, 7) is 5.12. The summed E-state index contributed by atoms with van der Waals surface area (Å²) in [5, 5.41) is 12.9. The number of amides is 1. The van der Waals surface area contributed by atoms with Crippen molar-refractivity contribution in [1.82, 2.24) is 34.2 Å². The third kappa shape index (κ3) is 5.97. The molecule has 0 aliphatic carbocycles. The van der Waals surface area contributed by atoms with Gasteiger partial charge in [-0.15, -0.1) is 0 Å². The molecular formula is C30H29F3N8O4. The van der Waals surface area contributed by atoms with Crippen LogP contribution in [0.25, 0.3) is 17.2 Å². The molecule has 3 aromatic heterocycles. The molecule has 5 heterocycles. The number of hydrogen-bond donors (Lipinski definition) is 1. The van der Waals surface area contributed by atoms with Crippen LogP contribution in [0.3, 0.4) is 0 Å². The van der Waals surface area contributed by atoms with E-state index in [4.69, 9.17) is 4.74 Å². The number of Topliss-reactive ketones (excluding diaryl/α,β-unsaturated/α-hetero) is 1. The van der Waals surface area contributed by atoms with Gasteiger partial charge in [-0.25, -0.2) is 19.7 Å². The van der Waals surface area contributed by atoms with Crippen molar-refractivity contribution >= 4 is 23.9 Å². The highest BCUT2D eigenvalue weighted by Crippen LogP contribution is 2.43. The lowest BCUT2D eigenvalue weighted by atomic mass is 9.91. The SMILES string of the molecule is Cc1cc(/C=C2\COc3c(cc(Cn4ccnc4C)cc3-c3cn(C)nc3C(F)(F)F)C2=O)nc(N2CCN(C(=O)O)CC2)n1. The van der Waals surface area contributed by atoms with Crippen molar-refractivity contribution in [3.8, 4) is 16.9 Å². The number of fused-ring (bicyclic) bond motifs is 1. The quantitative estimate of drug-likeness (QED) is 0.325. The summed E-state index contributed by atoms with van der Waals surface area (Å²) in [5.41, 5.74) is 0.934. The number of hydrogen-bond acceptors (Lipinski definition) is 8. The molecule has 234 valence electrons. The molecule has 0 atom stereocenters. The number of piperazine rings is 1. The number of halogens is 3. The lowest BCUT2D eigenvalue weighted by Crippen LogP contribution is -2.48. The van der Waals surface area contributed by atoms with E-state index in [9.17, 15) is 27.9 Å². The Morgan fingerprint density at radius 1 is 1.07 bits per heavy atom. The normalized spacial score (nSPS) is 16.2. The number of alkyl halides is 3. The second kappa shape index (κ2) is 11.4. The van der Waals surface area contributed by atoms with Crippen LogP contribution in [0, 0.1) is 13.8 Å². The second-order valence-corrected chi connectivity index (χ2v) is 11.0. The van der Waals surface area contributed by atoms with Gasteiger partial charge in [-0.1, -0.05) is 0 Å². The van der Waals surface area contributed by atoms with Crippen LogP contribution in [-0.4, -0.2) is 84.0 Å². The maximum Gasteiger partial charge on any atom is 0.435 e. The Morgan fingerprint density at radius 2 is 1.80 bits per heavy atom. The fourth-order valence-corrected chi connectivity index (χ4v) is 5.53. The molecule has 6 rings (SSSR count). The van der Waals surface area contributed by atoms with Crippen molar-refractivity contribution in [2.45, 2.75) is 26.6 Å². The number of ether oxygens (including phenoxy) is 1. The number of carboxylic acid groups (broad SMARTS) is 1. The van der Waals surface area contributed by atoms with Gasteiger partial charge in [0.05, 0.1) is 11.3 Å². The maximum atomic E-state index is 14.0. The highest BCUT2D eigenvalue weighted by atomic mass is 19.4. The van der Waals surface area contributed by atoms with E-state index in [1.54, 1.807) is 50.5 Å². The minimum atomic E-state index is -4.73. The predicted molar refractivity (Wildman–Crippen MR) is 156 cm³/mol. The third-order valence-electron chi connectivity index (χ3n) is 7.74. The first-order chi connectivity index (χ1) is 21.4. The van der Waals surface area contributed by atoms with Gasteiger partial charge < -0.3 is 24.2 Å². The van der Waals surface area contributed by atoms with Crippen molar-refractivity contribution in [2.24, 2.45) is 7.05 Å². The number of carbonyl (C=O) groups excluding carboxylic acids is 1. The number of anilines is 1. The van der Waals surface area contributed by atoms with Crippen LogP contribution in [0.5, 0.6) is 5.75 Å². The molecule has 0 spiro atoms. The Bertz CT molecular complexity index is 1840. The summed E-state index contributed by atoms with van der Waals surface area (Å²) in [4.78, 5) is 41.8. The van der Waals surface area contributed by atoms with Gasteiger partial charge in [0.15, 0.2) is 11.5 Å². The molecule has 1 N–H and O–H groups in total. The zero-order chi connectivity index (χ0) is 32.0. The lowest BCUT2D eigenvalue weighted by molar-refractivity contribution is -0.141. The van der Waals surface area contributed by atoms with Crippen LogP contribution < -0.4 is 9.64 Å². The molecule has 1 aromatic carbocycles. The van der Waals surface area contributed by atoms with Gasteiger partial charge >= 0.3 is 12.3 Å². The number of rotatable bonds is 5. The third-order valence-corrected chi connectivity index (χ3v) is 7.74. The number of imidazole rings is 1. The lowest BCUT2D eigenvalue weighted by Gasteiger charge is -2.33. The number of ketones is 1. The average molecular weight is 623 g/mol. The van der Waals surface area contributed by atoms with Gasteiger partial charge in [0.25, 0.3) is 0 Å². The van der Waals surface area contributed by atoms with Crippen LogP contribution in [0.2, 0.25) is 0 Å². The van der Waals surface area contributed by atoms with Crippen molar-refractivity contribution in [1.29, 1.82) is 0 Å². The Morgan fingerprint density at radius 3 is 2.47 bits per heavy atom. The van der Waals surface area contributed by atoms with Crippen molar-refractivity contribution in [3.63, 3.8) is 0 Å². The molecule has 12 nitrogen and oxygen atoms in total. The zero-order valence-corrected chi connectivity index (χ0v) is 24.7. The maximum absolute atomic E-state index is 14.0. The molecule has 0 unspecified atom stereocenters. The minimum absolute atomic E-state index is 0.0533. The van der Waals surface area contributed by atoms with Gasteiger partial charge in [0.2, 0.25) is 5.95 Å². The molecule has 4 aromatic rings. The summed E-state index contributed by atoms with van der Waals surface area (Å²) in [6, 6.07) is 4.94. The van der Waals surface area contributed by atoms with Gasteiger partial charge in [-0.3, -0.25) is 9.48 Å². The molecule has 45 heavy (non-hydrogen) atoms. The molecule has 0 radical (unpaired) electrons. The van der Waals surface area contributed by atoms with Gasteiger partial charge in [-0.05, 0) is 43.7 Å². The van der Waals surface area contributed by atoms with Crippen LogP contribution >= 0.6 is 0 Å². The second-order valence-electron chi connectivity index (χ2n) is 11.0. The smallest absolute Gasteiger partial charge is 0.435 e. The number of aromatic nitrogens is 6. The van der Waals surface area contributed by atoms with E-state index in [1.165, 1.54) is 18.1 Å². The fraction of sp³-hybridized carbons (Fsp3) is 0.333. The average Bonchev–Trinajstić information content (AvgIpc) is 3.59. The summed E-state index contributed by atoms with van der Waals surface area (Å²) in [6.07, 6.45) is 0.523. The van der Waals surface area contributed by atoms with E-state index in [0.717, 1.165) is 4.68 Å². The molecule has 1 fully saturated rings. The molecule has 2 aliphatic heterocycles. The molecule has 15 heteroatoms. The van der Waals surface area contributed by atoms with Crippen molar-refractivity contribution < 1.29 is 32.6 Å². The monoisotopic (exact) mass is 622 g/mol. The van der Waals surface area contributed by atoms with Crippen molar-refractivity contribution in [2.75, 3.05) is 37.7 Å². The zero-order valence-electron chi connectivity index (χ0n) is 24.7. The molecule has 0 saturated carbocycles. The largest absolute Gasteiger partial charge is 0.487 e. The van der Waals surface area contributed by atoms with E-state index in [0.29, 0.717) is 54.9 Å². The van der Waals surface area contributed by atoms with Crippen molar-refractivity contribution in [3.05, 3.63) is 76.4 Å². The topological polar surface area (TPSA) is 132 Å². The first-order valence-electron chi connectivity index (χ1n) is 14.1.